The fourth-order valence-corrected chi connectivity index (χ4v) is 6.48. The van der Waals surface area contributed by atoms with E-state index in [1.807, 2.05) is 24.3 Å². The molecule has 6 rings (SSSR count). The molecule has 2 saturated heterocycles. The van der Waals surface area contributed by atoms with Gasteiger partial charge >= 0.3 is 5.97 Å². The van der Waals surface area contributed by atoms with Crippen LogP contribution in [0.1, 0.15) is 68.7 Å². The molecule has 2 heterocycles. The molecule has 0 radical (unpaired) electrons. The van der Waals surface area contributed by atoms with E-state index in [-0.39, 0.29) is 61.4 Å². The highest BCUT2D eigenvalue weighted by atomic mass is 32.1. The molecule has 0 aromatic heterocycles. The van der Waals surface area contributed by atoms with Gasteiger partial charge in [-0.15, -0.1) is 0 Å². The van der Waals surface area contributed by atoms with Crippen molar-refractivity contribution in [3.8, 4) is 0 Å². The SMILES string of the molecule is COC(=O)c1ccc2c(c1)C[C@]1(CCNC1=O)CC2.O=C(CO)c1ccc2c(c1)C[C@]1(CCNC1=O)CC2.S.S. The number of carbonyl (C=O) groups excluding carboxylic acids is 4. The van der Waals surface area contributed by atoms with E-state index in [0.29, 0.717) is 17.5 Å². The van der Waals surface area contributed by atoms with Crippen molar-refractivity contribution < 1.29 is 29.0 Å². The van der Waals surface area contributed by atoms with Gasteiger partial charge in [0, 0.05) is 18.7 Å². The summed E-state index contributed by atoms with van der Waals surface area (Å²) in [7, 11) is 1.38. The molecule has 8 nitrogen and oxygen atoms in total. The van der Waals surface area contributed by atoms with E-state index in [2.05, 4.69) is 10.6 Å². The topological polar surface area (TPSA) is 122 Å². The number of aliphatic hydroxyl groups excluding tert-OH is 1. The zero-order valence-electron chi connectivity index (χ0n) is 22.7. The van der Waals surface area contributed by atoms with Crippen LogP contribution in [0.3, 0.4) is 0 Å². The Hall–Kier alpha value is -2.82. The number of hydrogen-bond acceptors (Lipinski definition) is 6. The van der Waals surface area contributed by atoms with Gasteiger partial charge in [-0.1, -0.05) is 18.2 Å². The predicted octanol–water partition coefficient (Wildman–Crippen LogP) is 2.55. The number of rotatable bonds is 3. The number of carbonyl (C=O) groups is 4. The summed E-state index contributed by atoms with van der Waals surface area (Å²) < 4.78 is 4.75. The van der Waals surface area contributed by atoms with E-state index >= 15 is 0 Å². The third kappa shape index (κ3) is 5.94. The average Bonchev–Trinajstić information content (AvgIpc) is 3.47. The standard InChI is InChI=1S/2C15H17NO3.2H2S/c1-19-13(17)11-3-2-10-4-5-15(9-12(10)8-11)6-7-16-14(15)18;17-9-13(18)11-2-1-10-3-4-15(8-12(10)7-11)5-6-16-14(15)19;;/h2-3,8H,4-7,9H2,1H3,(H,16,18);1-2,7,17H,3-6,8-9H2,(H,16,19);2*1H2/t2*15-;;/m11../s1. The summed E-state index contributed by atoms with van der Waals surface area (Å²) in [6.07, 6.45) is 6.81. The molecule has 2 amide bonds. The van der Waals surface area contributed by atoms with Gasteiger partial charge < -0.3 is 20.5 Å². The highest BCUT2D eigenvalue weighted by Gasteiger charge is 2.45. The normalized spacial score (nSPS) is 23.9. The minimum atomic E-state index is -0.468. The first-order valence-corrected chi connectivity index (χ1v) is 13.3. The Morgan fingerprint density at radius 2 is 1.25 bits per heavy atom. The fourth-order valence-electron chi connectivity index (χ4n) is 6.48. The van der Waals surface area contributed by atoms with Gasteiger partial charge in [0.25, 0.3) is 0 Å². The van der Waals surface area contributed by atoms with Crippen LogP contribution >= 0.6 is 27.0 Å². The maximum atomic E-state index is 12.0. The first-order valence-electron chi connectivity index (χ1n) is 13.3. The first kappa shape index (κ1) is 31.7. The number of benzene rings is 2. The molecular weight excluding hydrogens is 548 g/mol. The highest BCUT2D eigenvalue weighted by Crippen LogP contribution is 2.42. The minimum absolute atomic E-state index is 0. The molecule has 2 aliphatic heterocycles. The summed E-state index contributed by atoms with van der Waals surface area (Å²) in [5.74, 6) is -0.268. The van der Waals surface area contributed by atoms with E-state index in [4.69, 9.17) is 9.84 Å². The number of ether oxygens (including phenoxy) is 1. The third-order valence-corrected chi connectivity index (χ3v) is 8.84. The molecule has 10 heteroatoms. The van der Waals surface area contributed by atoms with Crippen molar-refractivity contribution in [2.24, 2.45) is 10.8 Å². The maximum absolute atomic E-state index is 12.0. The van der Waals surface area contributed by atoms with Crippen LogP contribution in [-0.4, -0.2) is 55.5 Å². The number of fused-ring (bicyclic) bond motifs is 2. The second-order valence-electron chi connectivity index (χ2n) is 11.0. The number of ketones is 1. The third-order valence-electron chi connectivity index (χ3n) is 8.84. The Bertz CT molecular complexity index is 1220. The van der Waals surface area contributed by atoms with Crippen LogP contribution in [-0.2, 0) is 40.0 Å². The van der Waals surface area contributed by atoms with Crippen LogP contribution in [0.5, 0.6) is 0 Å². The summed E-state index contributed by atoms with van der Waals surface area (Å²) in [6.45, 7) is 1.05. The maximum Gasteiger partial charge on any atom is 0.337 e. The van der Waals surface area contributed by atoms with Gasteiger partial charge in [-0.3, -0.25) is 14.4 Å². The molecule has 0 unspecified atom stereocenters. The van der Waals surface area contributed by atoms with E-state index in [9.17, 15) is 19.2 Å². The monoisotopic (exact) mass is 586 g/mol. The molecule has 2 aromatic carbocycles. The molecule has 2 aromatic rings. The summed E-state index contributed by atoms with van der Waals surface area (Å²) >= 11 is 0. The Morgan fingerprint density at radius 1 is 0.775 bits per heavy atom. The van der Waals surface area contributed by atoms with Gasteiger partial charge in [0.2, 0.25) is 11.8 Å². The van der Waals surface area contributed by atoms with E-state index in [0.717, 1.165) is 69.2 Å². The number of aliphatic hydroxyl groups is 1. The fraction of sp³-hybridized carbons (Fsp3) is 0.467. The molecule has 2 fully saturated rings. The average molecular weight is 587 g/mol. The molecule has 3 N–H and O–H groups in total. The number of hydrogen-bond donors (Lipinski definition) is 3. The van der Waals surface area contributed by atoms with Crippen molar-refractivity contribution in [3.05, 3.63) is 69.8 Å². The lowest BCUT2D eigenvalue weighted by Gasteiger charge is -2.32. The Balaban J connectivity index is 0.000000210. The molecule has 2 atom stereocenters. The molecule has 2 spiro atoms. The molecule has 0 bridgehead atoms. The Kier molecular flexibility index (Phi) is 10.1. The molecule has 216 valence electrons. The van der Waals surface area contributed by atoms with Crippen molar-refractivity contribution in [1.82, 2.24) is 10.6 Å². The van der Waals surface area contributed by atoms with Crippen molar-refractivity contribution in [2.45, 2.75) is 51.4 Å². The minimum Gasteiger partial charge on any atom is -0.465 e. The number of methoxy groups -OCH3 is 1. The summed E-state index contributed by atoms with van der Waals surface area (Å²) in [6, 6.07) is 11.2. The number of aryl methyl sites for hydroxylation is 2. The van der Waals surface area contributed by atoms with Crippen LogP contribution in [0, 0.1) is 10.8 Å². The molecule has 4 aliphatic rings. The predicted molar refractivity (Wildman–Crippen MR) is 161 cm³/mol. The summed E-state index contributed by atoms with van der Waals surface area (Å²) in [5.41, 5.74) is 5.26. The Morgan fingerprint density at radius 3 is 1.68 bits per heavy atom. The molecule has 0 saturated carbocycles. The zero-order valence-corrected chi connectivity index (χ0v) is 24.7. The first-order chi connectivity index (χ1) is 18.3. The van der Waals surface area contributed by atoms with Crippen molar-refractivity contribution in [1.29, 1.82) is 0 Å². The van der Waals surface area contributed by atoms with Crippen molar-refractivity contribution in [2.75, 3.05) is 26.8 Å². The smallest absolute Gasteiger partial charge is 0.337 e. The largest absolute Gasteiger partial charge is 0.465 e. The Labute approximate surface area is 248 Å². The number of esters is 1. The summed E-state index contributed by atoms with van der Waals surface area (Å²) in [5, 5.41) is 14.8. The van der Waals surface area contributed by atoms with Crippen LogP contribution in [0.25, 0.3) is 0 Å². The van der Waals surface area contributed by atoms with Crippen LogP contribution < -0.4 is 10.6 Å². The van der Waals surface area contributed by atoms with Crippen LogP contribution in [0.15, 0.2) is 36.4 Å². The van der Waals surface area contributed by atoms with Crippen LogP contribution in [0.4, 0.5) is 0 Å². The second-order valence-corrected chi connectivity index (χ2v) is 11.0. The van der Waals surface area contributed by atoms with Gasteiger partial charge in [0.15, 0.2) is 5.78 Å². The number of Topliss-reactive ketones (excluding diaryl/α,β-unsaturated/α-hetero) is 1. The van der Waals surface area contributed by atoms with E-state index in [1.54, 1.807) is 12.1 Å². The number of nitrogens with one attached hydrogen (secondary N) is 2. The van der Waals surface area contributed by atoms with Crippen LogP contribution in [0.2, 0.25) is 0 Å². The lowest BCUT2D eigenvalue weighted by atomic mass is 9.70. The van der Waals surface area contributed by atoms with Gasteiger partial charge in [-0.2, -0.15) is 27.0 Å². The van der Waals surface area contributed by atoms with Gasteiger partial charge in [-0.25, -0.2) is 4.79 Å². The zero-order chi connectivity index (χ0) is 26.9. The van der Waals surface area contributed by atoms with Gasteiger partial charge in [0.05, 0.1) is 23.5 Å². The lowest BCUT2D eigenvalue weighted by Crippen LogP contribution is -2.36. The lowest BCUT2D eigenvalue weighted by molar-refractivity contribution is -0.128. The highest BCUT2D eigenvalue weighted by molar-refractivity contribution is 7.59. The van der Waals surface area contributed by atoms with Crippen molar-refractivity contribution >= 4 is 50.6 Å². The van der Waals surface area contributed by atoms with Crippen molar-refractivity contribution in [3.63, 3.8) is 0 Å². The molecular formula is C30H38N2O6S2. The van der Waals surface area contributed by atoms with Gasteiger partial charge in [0.1, 0.15) is 6.61 Å². The second kappa shape index (κ2) is 12.8. The molecule has 2 aliphatic carbocycles. The summed E-state index contributed by atoms with van der Waals surface area (Å²) in [4.78, 5) is 47.2. The van der Waals surface area contributed by atoms with Gasteiger partial charge in [-0.05, 0) is 91.8 Å². The molecule has 40 heavy (non-hydrogen) atoms. The quantitative estimate of drug-likeness (QED) is 0.376. The van der Waals surface area contributed by atoms with E-state index < -0.39 is 6.61 Å². The van der Waals surface area contributed by atoms with E-state index in [1.165, 1.54) is 18.2 Å². The number of amides is 2.